The molecule has 1 aromatic carbocycles. The average molecular weight is 439 g/mol. The van der Waals surface area contributed by atoms with Gasteiger partial charge < -0.3 is 14.5 Å². The standard InChI is InChI=1S/C25H30N2O3S/c1-4-18-16-20(25(31-18)26-24(28)22-10-7-15-30-22)23(27-13-11-17(2)12-14-27)19-8-5-6-9-21(19)29-3/h5-10,15-17,23H,4,11-14H2,1-3H3,(H,26,28)/t23-/m0/s1. The normalized spacial score (nSPS) is 16.2. The highest BCUT2D eigenvalue weighted by Crippen LogP contribution is 2.43. The Bertz CT molecular complexity index is 1000. The van der Waals surface area contributed by atoms with E-state index in [1.807, 2.05) is 12.1 Å². The number of nitrogens with one attached hydrogen (secondary N) is 1. The molecule has 2 aromatic heterocycles. The van der Waals surface area contributed by atoms with Gasteiger partial charge in [-0.05, 0) is 62.5 Å². The number of amides is 1. The van der Waals surface area contributed by atoms with Crippen molar-refractivity contribution >= 4 is 22.2 Å². The highest BCUT2D eigenvalue weighted by molar-refractivity contribution is 7.16. The summed E-state index contributed by atoms with van der Waals surface area (Å²) < 4.78 is 11.1. The zero-order valence-electron chi connectivity index (χ0n) is 18.4. The van der Waals surface area contributed by atoms with E-state index in [1.165, 1.54) is 24.0 Å². The largest absolute Gasteiger partial charge is 0.496 e. The van der Waals surface area contributed by atoms with Gasteiger partial charge in [-0.25, -0.2) is 0 Å². The van der Waals surface area contributed by atoms with Crippen LogP contribution in [-0.2, 0) is 6.42 Å². The summed E-state index contributed by atoms with van der Waals surface area (Å²) in [7, 11) is 1.72. The molecule has 4 rings (SSSR count). The van der Waals surface area contributed by atoms with E-state index in [2.05, 4.69) is 42.3 Å². The molecule has 5 nitrogen and oxygen atoms in total. The fourth-order valence-electron chi connectivity index (χ4n) is 4.25. The summed E-state index contributed by atoms with van der Waals surface area (Å²) in [5.41, 5.74) is 2.26. The molecule has 3 aromatic rings. The lowest BCUT2D eigenvalue weighted by Crippen LogP contribution is -2.37. The number of carbonyl (C=O) groups excluding carboxylic acids is 1. The first-order valence-corrected chi connectivity index (χ1v) is 11.8. The molecule has 1 saturated heterocycles. The highest BCUT2D eigenvalue weighted by Gasteiger charge is 2.31. The first kappa shape index (κ1) is 21.7. The number of aryl methyl sites for hydroxylation is 1. The lowest BCUT2D eigenvalue weighted by atomic mass is 9.92. The molecule has 31 heavy (non-hydrogen) atoms. The van der Waals surface area contributed by atoms with Crippen LogP contribution < -0.4 is 10.1 Å². The van der Waals surface area contributed by atoms with Crippen molar-refractivity contribution in [2.75, 3.05) is 25.5 Å². The number of rotatable bonds is 7. The smallest absolute Gasteiger partial charge is 0.291 e. The van der Waals surface area contributed by atoms with E-state index in [0.717, 1.165) is 47.3 Å². The number of methoxy groups -OCH3 is 1. The van der Waals surface area contributed by atoms with Crippen LogP contribution in [0.1, 0.15) is 59.3 Å². The van der Waals surface area contributed by atoms with Crippen LogP contribution in [-0.4, -0.2) is 31.0 Å². The number of ether oxygens (including phenoxy) is 1. The van der Waals surface area contributed by atoms with E-state index < -0.39 is 0 Å². The number of hydrogen-bond donors (Lipinski definition) is 1. The quantitative estimate of drug-likeness (QED) is 0.493. The predicted octanol–water partition coefficient (Wildman–Crippen LogP) is 5.99. The maximum Gasteiger partial charge on any atom is 0.291 e. The van der Waals surface area contributed by atoms with E-state index in [9.17, 15) is 4.79 Å². The van der Waals surface area contributed by atoms with Gasteiger partial charge in [-0.1, -0.05) is 32.0 Å². The number of benzene rings is 1. The minimum Gasteiger partial charge on any atom is -0.496 e. The van der Waals surface area contributed by atoms with Crippen molar-refractivity contribution in [2.45, 2.75) is 39.2 Å². The summed E-state index contributed by atoms with van der Waals surface area (Å²) in [5.74, 6) is 1.71. The van der Waals surface area contributed by atoms with Crippen molar-refractivity contribution in [3.05, 3.63) is 70.5 Å². The fourth-order valence-corrected chi connectivity index (χ4v) is 5.27. The van der Waals surface area contributed by atoms with Crippen LogP contribution in [0.3, 0.4) is 0 Å². The minimum atomic E-state index is -0.221. The van der Waals surface area contributed by atoms with E-state index in [1.54, 1.807) is 30.6 Å². The van der Waals surface area contributed by atoms with Crippen molar-refractivity contribution in [1.82, 2.24) is 4.90 Å². The molecule has 6 heteroatoms. The SMILES string of the molecule is CCc1cc([C@H](c2ccccc2OC)N2CCC(C)CC2)c(NC(=O)c2ccco2)s1. The summed E-state index contributed by atoms with van der Waals surface area (Å²) in [6.45, 7) is 6.51. The molecule has 1 fully saturated rings. The van der Waals surface area contributed by atoms with Crippen LogP contribution in [0.2, 0.25) is 0 Å². The second kappa shape index (κ2) is 9.71. The lowest BCUT2D eigenvalue weighted by Gasteiger charge is -2.37. The number of likely N-dealkylation sites (tertiary alicyclic amines) is 1. The Morgan fingerprint density at radius 2 is 2.00 bits per heavy atom. The van der Waals surface area contributed by atoms with Gasteiger partial charge in [0.05, 0.1) is 19.4 Å². The van der Waals surface area contributed by atoms with Gasteiger partial charge in [0.1, 0.15) is 10.8 Å². The Balaban J connectivity index is 1.77. The monoisotopic (exact) mass is 438 g/mol. The molecule has 1 atom stereocenters. The molecule has 0 spiro atoms. The molecule has 0 radical (unpaired) electrons. The van der Waals surface area contributed by atoms with Gasteiger partial charge in [-0.3, -0.25) is 9.69 Å². The molecule has 1 N–H and O–H groups in total. The molecule has 3 heterocycles. The van der Waals surface area contributed by atoms with Crippen LogP contribution in [0, 0.1) is 5.92 Å². The molecule has 0 aliphatic carbocycles. The number of furan rings is 1. The predicted molar refractivity (Wildman–Crippen MR) is 125 cm³/mol. The molecule has 1 aliphatic heterocycles. The van der Waals surface area contributed by atoms with Gasteiger partial charge in [0, 0.05) is 16.0 Å². The molecule has 0 bridgehead atoms. The zero-order chi connectivity index (χ0) is 21.8. The van der Waals surface area contributed by atoms with Crippen molar-refractivity contribution in [1.29, 1.82) is 0 Å². The summed E-state index contributed by atoms with van der Waals surface area (Å²) in [4.78, 5) is 16.6. The number of anilines is 1. The Morgan fingerprint density at radius 1 is 1.23 bits per heavy atom. The fraction of sp³-hybridized carbons (Fsp3) is 0.400. The number of piperidine rings is 1. The van der Waals surface area contributed by atoms with Gasteiger partial charge in [0.2, 0.25) is 0 Å². The molecule has 164 valence electrons. The summed E-state index contributed by atoms with van der Waals surface area (Å²) in [5, 5.41) is 4.00. The van der Waals surface area contributed by atoms with Gasteiger partial charge in [-0.15, -0.1) is 11.3 Å². The Kier molecular flexibility index (Phi) is 6.78. The highest BCUT2D eigenvalue weighted by atomic mass is 32.1. The van der Waals surface area contributed by atoms with E-state index in [-0.39, 0.29) is 11.9 Å². The van der Waals surface area contributed by atoms with E-state index in [4.69, 9.17) is 9.15 Å². The average Bonchev–Trinajstić information content (AvgIpc) is 3.46. The Hall–Kier alpha value is -2.57. The number of nitrogens with zero attached hydrogens (tertiary/aromatic N) is 1. The summed E-state index contributed by atoms with van der Waals surface area (Å²) in [6.07, 6.45) is 4.78. The Morgan fingerprint density at radius 3 is 2.68 bits per heavy atom. The van der Waals surface area contributed by atoms with Crippen LogP contribution in [0.25, 0.3) is 0 Å². The second-order valence-corrected chi connectivity index (χ2v) is 9.28. The molecular formula is C25H30N2O3S. The van der Waals surface area contributed by atoms with Gasteiger partial charge in [0.25, 0.3) is 5.91 Å². The number of para-hydroxylation sites is 1. The van der Waals surface area contributed by atoms with Crippen LogP contribution in [0.4, 0.5) is 5.00 Å². The van der Waals surface area contributed by atoms with Crippen molar-refractivity contribution in [2.24, 2.45) is 5.92 Å². The minimum absolute atomic E-state index is 0.0205. The molecule has 1 amide bonds. The van der Waals surface area contributed by atoms with Crippen molar-refractivity contribution < 1.29 is 13.9 Å². The number of hydrogen-bond acceptors (Lipinski definition) is 5. The van der Waals surface area contributed by atoms with Crippen LogP contribution in [0.5, 0.6) is 5.75 Å². The molecule has 1 aliphatic rings. The van der Waals surface area contributed by atoms with Crippen LogP contribution in [0.15, 0.2) is 53.1 Å². The maximum atomic E-state index is 12.8. The third kappa shape index (κ3) is 4.70. The lowest BCUT2D eigenvalue weighted by molar-refractivity contribution is 0.0996. The van der Waals surface area contributed by atoms with Crippen LogP contribution >= 0.6 is 11.3 Å². The van der Waals surface area contributed by atoms with Gasteiger partial charge >= 0.3 is 0 Å². The van der Waals surface area contributed by atoms with Crippen molar-refractivity contribution in [3.8, 4) is 5.75 Å². The third-order valence-electron chi connectivity index (χ3n) is 6.04. The third-order valence-corrected chi connectivity index (χ3v) is 7.25. The van der Waals surface area contributed by atoms with Crippen molar-refractivity contribution in [3.63, 3.8) is 0 Å². The van der Waals surface area contributed by atoms with E-state index >= 15 is 0 Å². The maximum absolute atomic E-state index is 12.8. The van der Waals surface area contributed by atoms with Gasteiger partial charge in [-0.2, -0.15) is 0 Å². The number of thiophene rings is 1. The molecule has 0 saturated carbocycles. The second-order valence-electron chi connectivity index (χ2n) is 8.15. The summed E-state index contributed by atoms with van der Waals surface area (Å²) in [6, 6.07) is 13.9. The molecule has 0 unspecified atom stereocenters. The van der Waals surface area contributed by atoms with E-state index in [0.29, 0.717) is 5.76 Å². The summed E-state index contributed by atoms with van der Waals surface area (Å²) >= 11 is 1.65. The van der Waals surface area contributed by atoms with Gasteiger partial charge in [0.15, 0.2) is 5.76 Å². The molecular weight excluding hydrogens is 408 g/mol. The zero-order valence-corrected chi connectivity index (χ0v) is 19.2. The topological polar surface area (TPSA) is 54.7 Å². The Labute approximate surface area is 188 Å². The first-order chi connectivity index (χ1) is 15.1. The first-order valence-electron chi connectivity index (χ1n) is 10.9. The number of carbonyl (C=O) groups is 1.